The van der Waals surface area contributed by atoms with Crippen molar-refractivity contribution in [3.63, 3.8) is 0 Å². The van der Waals surface area contributed by atoms with Crippen molar-refractivity contribution in [3.8, 4) is 0 Å². The maximum atomic E-state index is 11.6. The molecule has 4 heteroatoms. The van der Waals surface area contributed by atoms with Crippen molar-refractivity contribution < 1.29 is 14.7 Å². The van der Waals surface area contributed by atoms with Crippen LogP contribution in [0.2, 0.25) is 0 Å². The molecule has 0 aromatic carbocycles. The molecule has 0 aromatic heterocycles. The zero-order valence-corrected chi connectivity index (χ0v) is 13.1. The Balaban J connectivity index is 3.62. The van der Waals surface area contributed by atoms with Gasteiger partial charge in [-0.15, -0.1) is 0 Å². The van der Waals surface area contributed by atoms with Gasteiger partial charge in [0, 0.05) is 6.42 Å². The summed E-state index contributed by atoms with van der Waals surface area (Å²) >= 11 is 0. The standard InChI is InChI=1S/C16H29NO3/c1-4-5-6-7-8-9-10-11-12-13-14(18)17-16(2,3)15(19)20/h9-10H,4-8,11-13H2,1-3H3,(H,17,18)(H,19,20)/b10-9-. The Morgan fingerprint density at radius 2 is 1.65 bits per heavy atom. The Bertz CT molecular complexity index is 322. The smallest absolute Gasteiger partial charge is 0.328 e. The number of allylic oxidation sites excluding steroid dienone is 2. The summed E-state index contributed by atoms with van der Waals surface area (Å²) in [5.74, 6) is -1.22. The number of nitrogens with one attached hydrogen (secondary N) is 1. The van der Waals surface area contributed by atoms with Gasteiger partial charge in [-0.25, -0.2) is 4.79 Å². The Labute approximate surface area is 122 Å². The second-order valence-corrected chi connectivity index (χ2v) is 5.69. The Morgan fingerprint density at radius 3 is 2.20 bits per heavy atom. The van der Waals surface area contributed by atoms with E-state index in [0.717, 1.165) is 19.3 Å². The molecule has 0 aliphatic heterocycles. The van der Waals surface area contributed by atoms with Gasteiger partial charge in [-0.1, -0.05) is 38.3 Å². The SMILES string of the molecule is CCCCCC/C=C\CCCC(=O)NC(C)(C)C(=O)O. The summed E-state index contributed by atoms with van der Waals surface area (Å²) in [6.45, 7) is 5.18. The van der Waals surface area contributed by atoms with Crippen molar-refractivity contribution in [1.29, 1.82) is 0 Å². The van der Waals surface area contributed by atoms with Gasteiger partial charge in [0.15, 0.2) is 0 Å². The molecule has 0 spiro atoms. The first kappa shape index (κ1) is 18.7. The molecule has 0 aliphatic rings. The van der Waals surface area contributed by atoms with Gasteiger partial charge in [0.05, 0.1) is 0 Å². The van der Waals surface area contributed by atoms with Crippen LogP contribution in [0.25, 0.3) is 0 Å². The third-order valence-corrected chi connectivity index (χ3v) is 3.15. The molecule has 116 valence electrons. The predicted molar refractivity (Wildman–Crippen MR) is 81.6 cm³/mol. The van der Waals surface area contributed by atoms with Crippen LogP contribution in [0.15, 0.2) is 12.2 Å². The van der Waals surface area contributed by atoms with Crippen LogP contribution >= 0.6 is 0 Å². The zero-order chi connectivity index (χ0) is 15.4. The summed E-state index contributed by atoms with van der Waals surface area (Å²) in [6, 6.07) is 0. The van der Waals surface area contributed by atoms with Crippen LogP contribution in [0, 0.1) is 0 Å². The molecular weight excluding hydrogens is 254 g/mol. The molecule has 0 radical (unpaired) electrons. The zero-order valence-electron chi connectivity index (χ0n) is 13.1. The number of carbonyl (C=O) groups is 2. The largest absolute Gasteiger partial charge is 0.480 e. The summed E-state index contributed by atoms with van der Waals surface area (Å²) in [4.78, 5) is 22.4. The van der Waals surface area contributed by atoms with Crippen LogP contribution in [-0.2, 0) is 9.59 Å². The van der Waals surface area contributed by atoms with E-state index in [2.05, 4.69) is 24.4 Å². The van der Waals surface area contributed by atoms with Crippen LogP contribution in [-0.4, -0.2) is 22.5 Å². The minimum absolute atomic E-state index is 0.200. The molecular formula is C16H29NO3. The molecule has 4 nitrogen and oxygen atoms in total. The number of rotatable bonds is 11. The van der Waals surface area contributed by atoms with Gasteiger partial charge >= 0.3 is 5.97 Å². The molecule has 0 unspecified atom stereocenters. The molecule has 20 heavy (non-hydrogen) atoms. The Kier molecular flexibility index (Phi) is 9.77. The predicted octanol–water partition coefficient (Wildman–Crippen LogP) is 3.66. The van der Waals surface area contributed by atoms with E-state index in [1.165, 1.54) is 39.5 Å². The monoisotopic (exact) mass is 283 g/mol. The fourth-order valence-corrected chi connectivity index (χ4v) is 1.77. The van der Waals surface area contributed by atoms with E-state index in [-0.39, 0.29) is 5.91 Å². The highest BCUT2D eigenvalue weighted by Crippen LogP contribution is 2.06. The number of carbonyl (C=O) groups excluding carboxylic acids is 1. The van der Waals surface area contributed by atoms with Crippen LogP contribution in [0.4, 0.5) is 0 Å². The van der Waals surface area contributed by atoms with Crippen molar-refractivity contribution in [2.75, 3.05) is 0 Å². The average Bonchev–Trinajstić information content (AvgIpc) is 2.36. The molecule has 0 rings (SSSR count). The summed E-state index contributed by atoms with van der Waals surface area (Å²) in [7, 11) is 0. The van der Waals surface area contributed by atoms with E-state index in [0.29, 0.717) is 6.42 Å². The van der Waals surface area contributed by atoms with Gasteiger partial charge in [-0.2, -0.15) is 0 Å². The van der Waals surface area contributed by atoms with E-state index in [1.54, 1.807) is 0 Å². The lowest BCUT2D eigenvalue weighted by atomic mass is 10.1. The third kappa shape index (κ3) is 9.59. The molecule has 0 aromatic rings. The van der Waals surface area contributed by atoms with E-state index >= 15 is 0 Å². The summed E-state index contributed by atoms with van der Waals surface area (Å²) < 4.78 is 0. The molecule has 2 N–H and O–H groups in total. The fourth-order valence-electron chi connectivity index (χ4n) is 1.77. The van der Waals surface area contributed by atoms with Crippen LogP contribution in [0.5, 0.6) is 0 Å². The lowest BCUT2D eigenvalue weighted by molar-refractivity contribution is -0.146. The number of unbranched alkanes of at least 4 members (excludes halogenated alkanes) is 5. The molecule has 0 aliphatic carbocycles. The minimum atomic E-state index is -1.19. The fraction of sp³-hybridized carbons (Fsp3) is 0.750. The topological polar surface area (TPSA) is 66.4 Å². The highest BCUT2D eigenvalue weighted by Gasteiger charge is 2.28. The lowest BCUT2D eigenvalue weighted by Crippen LogP contribution is -2.49. The van der Waals surface area contributed by atoms with Crippen LogP contribution < -0.4 is 5.32 Å². The lowest BCUT2D eigenvalue weighted by Gasteiger charge is -2.20. The van der Waals surface area contributed by atoms with E-state index < -0.39 is 11.5 Å². The van der Waals surface area contributed by atoms with Crippen LogP contribution in [0.3, 0.4) is 0 Å². The molecule has 1 amide bonds. The van der Waals surface area contributed by atoms with Gasteiger partial charge in [-0.05, 0) is 39.5 Å². The number of amides is 1. The second-order valence-electron chi connectivity index (χ2n) is 5.69. The highest BCUT2D eigenvalue weighted by molar-refractivity contribution is 5.86. The van der Waals surface area contributed by atoms with Crippen molar-refractivity contribution in [3.05, 3.63) is 12.2 Å². The number of hydrogen-bond donors (Lipinski definition) is 2. The first-order valence-corrected chi connectivity index (χ1v) is 7.59. The maximum absolute atomic E-state index is 11.6. The quantitative estimate of drug-likeness (QED) is 0.449. The molecule has 0 bridgehead atoms. The Hall–Kier alpha value is -1.32. The normalized spacial score (nSPS) is 11.8. The summed E-state index contributed by atoms with van der Waals surface area (Å²) in [6.07, 6.45) is 12.5. The summed E-state index contributed by atoms with van der Waals surface area (Å²) in [5, 5.41) is 11.4. The summed E-state index contributed by atoms with van der Waals surface area (Å²) in [5.41, 5.74) is -1.19. The van der Waals surface area contributed by atoms with Gasteiger partial charge in [0.1, 0.15) is 5.54 Å². The van der Waals surface area contributed by atoms with Crippen LogP contribution in [0.1, 0.15) is 72.1 Å². The average molecular weight is 283 g/mol. The molecule has 0 atom stereocenters. The Morgan fingerprint density at radius 1 is 1.05 bits per heavy atom. The molecule has 0 fully saturated rings. The van der Waals surface area contributed by atoms with Gasteiger partial charge in [0.25, 0.3) is 0 Å². The third-order valence-electron chi connectivity index (χ3n) is 3.15. The van der Waals surface area contributed by atoms with E-state index in [1.807, 2.05) is 0 Å². The highest BCUT2D eigenvalue weighted by atomic mass is 16.4. The van der Waals surface area contributed by atoms with Crippen molar-refractivity contribution >= 4 is 11.9 Å². The minimum Gasteiger partial charge on any atom is -0.480 e. The van der Waals surface area contributed by atoms with Crippen molar-refractivity contribution in [1.82, 2.24) is 5.32 Å². The van der Waals surface area contributed by atoms with E-state index in [9.17, 15) is 9.59 Å². The van der Waals surface area contributed by atoms with E-state index in [4.69, 9.17) is 5.11 Å². The van der Waals surface area contributed by atoms with Crippen molar-refractivity contribution in [2.24, 2.45) is 0 Å². The van der Waals surface area contributed by atoms with Crippen molar-refractivity contribution in [2.45, 2.75) is 77.7 Å². The number of carboxylic acids is 1. The first-order valence-electron chi connectivity index (χ1n) is 7.59. The number of aliphatic carboxylic acids is 1. The molecule has 0 heterocycles. The molecule has 0 saturated heterocycles. The van der Waals surface area contributed by atoms with Gasteiger partial charge < -0.3 is 10.4 Å². The number of hydrogen-bond acceptors (Lipinski definition) is 2. The van der Waals surface area contributed by atoms with Gasteiger partial charge in [-0.3, -0.25) is 4.79 Å². The number of carboxylic acid groups (broad SMARTS) is 1. The van der Waals surface area contributed by atoms with Gasteiger partial charge in [0.2, 0.25) is 5.91 Å². The molecule has 0 saturated carbocycles. The first-order chi connectivity index (χ1) is 9.40. The second kappa shape index (κ2) is 10.5. The maximum Gasteiger partial charge on any atom is 0.328 e.